The number of carbonyl (C=O) groups excluding carboxylic acids is 1. The lowest BCUT2D eigenvalue weighted by Crippen LogP contribution is -2.22. The summed E-state index contributed by atoms with van der Waals surface area (Å²) in [5.41, 5.74) is 1.68. The minimum atomic E-state index is -0.276. The lowest BCUT2D eigenvalue weighted by molar-refractivity contribution is 0.0924. The van der Waals surface area contributed by atoms with E-state index in [-0.39, 0.29) is 11.7 Å². The maximum absolute atomic E-state index is 12.1. The first-order chi connectivity index (χ1) is 10.7. The molecule has 2 heterocycles. The Balaban J connectivity index is 1.71. The Labute approximate surface area is 132 Å². The zero-order valence-electron chi connectivity index (χ0n) is 11.6. The molecule has 0 saturated carbocycles. The first-order valence-corrected chi connectivity index (χ1v) is 7.13. The minimum absolute atomic E-state index is 0.249. The number of hydrogen-bond donors (Lipinski definition) is 1. The van der Waals surface area contributed by atoms with E-state index in [1.54, 1.807) is 30.6 Å². The van der Waals surface area contributed by atoms with Crippen molar-refractivity contribution in [3.05, 3.63) is 77.3 Å². The van der Waals surface area contributed by atoms with Gasteiger partial charge < -0.3 is 9.73 Å². The Morgan fingerprint density at radius 2 is 2.00 bits per heavy atom. The Hall–Kier alpha value is -2.59. The van der Waals surface area contributed by atoms with Crippen molar-refractivity contribution in [2.24, 2.45) is 0 Å². The van der Waals surface area contributed by atoms with Crippen LogP contribution in [0.5, 0.6) is 0 Å². The molecule has 0 aliphatic heterocycles. The third kappa shape index (κ3) is 3.18. The van der Waals surface area contributed by atoms with Crippen molar-refractivity contribution in [2.75, 3.05) is 0 Å². The van der Waals surface area contributed by atoms with Gasteiger partial charge in [-0.2, -0.15) is 0 Å². The van der Waals surface area contributed by atoms with Gasteiger partial charge >= 0.3 is 0 Å². The van der Waals surface area contributed by atoms with Crippen LogP contribution >= 0.6 is 11.6 Å². The molecule has 3 rings (SSSR count). The highest BCUT2D eigenvalue weighted by molar-refractivity contribution is 6.33. The number of nitrogens with one attached hydrogen (secondary N) is 1. The van der Waals surface area contributed by atoms with Gasteiger partial charge in [-0.05, 0) is 35.9 Å². The van der Waals surface area contributed by atoms with Gasteiger partial charge in [0.15, 0.2) is 5.76 Å². The van der Waals surface area contributed by atoms with E-state index in [1.807, 2.05) is 30.3 Å². The SMILES string of the molecule is O=C(NCc1cccnc1)c1ccc(-c2ccccc2Cl)o1. The number of furan rings is 1. The van der Waals surface area contributed by atoms with Crippen molar-refractivity contribution in [1.82, 2.24) is 10.3 Å². The number of halogens is 1. The summed E-state index contributed by atoms with van der Waals surface area (Å²) in [5, 5.41) is 3.37. The number of hydrogen-bond acceptors (Lipinski definition) is 3. The van der Waals surface area contributed by atoms with E-state index in [9.17, 15) is 4.79 Å². The second-order valence-electron chi connectivity index (χ2n) is 4.69. The van der Waals surface area contributed by atoms with E-state index in [2.05, 4.69) is 10.3 Å². The third-order valence-electron chi connectivity index (χ3n) is 3.14. The monoisotopic (exact) mass is 312 g/mol. The zero-order valence-corrected chi connectivity index (χ0v) is 12.4. The van der Waals surface area contributed by atoms with Crippen molar-refractivity contribution in [3.63, 3.8) is 0 Å². The Kier molecular flexibility index (Phi) is 4.21. The van der Waals surface area contributed by atoms with Gasteiger partial charge in [-0.25, -0.2) is 0 Å². The number of benzene rings is 1. The second-order valence-corrected chi connectivity index (χ2v) is 5.09. The summed E-state index contributed by atoms with van der Waals surface area (Å²) in [6, 6.07) is 14.4. The molecule has 5 heteroatoms. The van der Waals surface area contributed by atoms with Crippen LogP contribution in [0.4, 0.5) is 0 Å². The average Bonchev–Trinajstić information content (AvgIpc) is 3.04. The summed E-state index contributed by atoms with van der Waals surface area (Å²) in [7, 11) is 0. The molecule has 2 aromatic heterocycles. The fraction of sp³-hybridized carbons (Fsp3) is 0.0588. The molecule has 0 aliphatic rings. The van der Waals surface area contributed by atoms with Crippen LogP contribution in [0.25, 0.3) is 11.3 Å². The van der Waals surface area contributed by atoms with Gasteiger partial charge in [-0.3, -0.25) is 9.78 Å². The number of pyridine rings is 1. The van der Waals surface area contributed by atoms with E-state index in [0.29, 0.717) is 17.3 Å². The van der Waals surface area contributed by atoms with Crippen LogP contribution in [0, 0.1) is 0 Å². The molecule has 22 heavy (non-hydrogen) atoms. The molecular formula is C17H13ClN2O2. The average molecular weight is 313 g/mol. The van der Waals surface area contributed by atoms with Gasteiger partial charge in [0.2, 0.25) is 0 Å². The molecule has 3 aromatic rings. The number of amides is 1. The van der Waals surface area contributed by atoms with Crippen LogP contribution in [0.1, 0.15) is 16.1 Å². The lowest BCUT2D eigenvalue weighted by atomic mass is 10.2. The molecule has 0 unspecified atom stereocenters. The molecule has 1 aromatic carbocycles. The van der Waals surface area contributed by atoms with Crippen molar-refractivity contribution < 1.29 is 9.21 Å². The number of nitrogens with zero attached hydrogens (tertiary/aromatic N) is 1. The third-order valence-corrected chi connectivity index (χ3v) is 3.47. The van der Waals surface area contributed by atoms with Gasteiger partial charge in [0.1, 0.15) is 5.76 Å². The van der Waals surface area contributed by atoms with Crippen LogP contribution in [-0.2, 0) is 6.54 Å². The van der Waals surface area contributed by atoms with E-state index in [4.69, 9.17) is 16.0 Å². The molecule has 0 aliphatic carbocycles. The van der Waals surface area contributed by atoms with Crippen LogP contribution in [0.3, 0.4) is 0 Å². The molecule has 0 spiro atoms. The van der Waals surface area contributed by atoms with Gasteiger partial charge in [-0.15, -0.1) is 0 Å². The first-order valence-electron chi connectivity index (χ1n) is 6.76. The molecule has 0 fully saturated rings. The highest BCUT2D eigenvalue weighted by atomic mass is 35.5. The van der Waals surface area contributed by atoms with Crippen LogP contribution in [-0.4, -0.2) is 10.9 Å². The van der Waals surface area contributed by atoms with E-state index in [0.717, 1.165) is 11.1 Å². The predicted molar refractivity (Wildman–Crippen MR) is 84.6 cm³/mol. The second kappa shape index (κ2) is 6.45. The van der Waals surface area contributed by atoms with Crippen molar-refractivity contribution in [3.8, 4) is 11.3 Å². The molecule has 0 radical (unpaired) electrons. The summed E-state index contributed by atoms with van der Waals surface area (Å²) >= 11 is 6.12. The minimum Gasteiger partial charge on any atom is -0.451 e. The molecule has 1 N–H and O–H groups in total. The summed E-state index contributed by atoms with van der Waals surface area (Å²) in [6.45, 7) is 0.398. The molecule has 0 atom stereocenters. The number of carbonyl (C=O) groups is 1. The summed E-state index contributed by atoms with van der Waals surface area (Å²) < 4.78 is 5.59. The Morgan fingerprint density at radius 1 is 1.14 bits per heavy atom. The molecule has 110 valence electrons. The molecule has 0 saturated heterocycles. The molecule has 0 bridgehead atoms. The largest absolute Gasteiger partial charge is 0.451 e. The van der Waals surface area contributed by atoms with Crippen molar-refractivity contribution in [2.45, 2.75) is 6.54 Å². The van der Waals surface area contributed by atoms with Crippen LogP contribution in [0.15, 0.2) is 65.3 Å². The van der Waals surface area contributed by atoms with E-state index < -0.39 is 0 Å². The Morgan fingerprint density at radius 3 is 2.77 bits per heavy atom. The first kappa shape index (κ1) is 14.4. The molecular weight excluding hydrogens is 300 g/mol. The summed E-state index contributed by atoms with van der Waals surface area (Å²) in [6.07, 6.45) is 3.39. The standard InChI is InChI=1S/C17H13ClN2O2/c18-14-6-2-1-5-13(14)15-7-8-16(22-15)17(21)20-11-12-4-3-9-19-10-12/h1-10H,11H2,(H,20,21). The van der Waals surface area contributed by atoms with Gasteiger partial charge in [0.25, 0.3) is 5.91 Å². The quantitative estimate of drug-likeness (QED) is 0.794. The number of aromatic nitrogens is 1. The van der Waals surface area contributed by atoms with E-state index in [1.165, 1.54) is 0 Å². The van der Waals surface area contributed by atoms with Gasteiger partial charge in [-0.1, -0.05) is 29.8 Å². The normalized spacial score (nSPS) is 10.4. The topological polar surface area (TPSA) is 55.1 Å². The van der Waals surface area contributed by atoms with Crippen molar-refractivity contribution >= 4 is 17.5 Å². The maximum Gasteiger partial charge on any atom is 0.287 e. The summed E-state index contributed by atoms with van der Waals surface area (Å²) in [4.78, 5) is 16.1. The lowest BCUT2D eigenvalue weighted by Gasteiger charge is -2.03. The zero-order chi connectivity index (χ0) is 15.4. The molecule has 1 amide bonds. The van der Waals surface area contributed by atoms with Gasteiger partial charge in [0.05, 0.1) is 5.02 Å². The Bertz CT molecular complexity index is 784. The molecule has 4 nitrogen and oxygen atoms in total. The smallest absolute Gasteiger partial charge is 0.287 e. The fourth-order valence-electron chi connectivity index (χ4n) is 2.04. The summed E-state index contributed by atoms with van der Waals surface area (Å²) in [5.74, 6) is 0.540. The van der Waals surface area contributed by atoms with Crippen LogP contribution < -0.4 is 5.32 Å². The fourth-order valence-corrected chi connectivity index (χ4v) is 2.27. The van der Waals surface area contributed by atoms with Crippen LogP contribution in [0.2, 0.25) is 5.02 Å². The number of rotatable bonds is 4. The van der Waals surface area contributed by atoms with Gasteiger partial charge in [0, 0.05) is 24.5 Å². The highest BCUT2D eigenvalue weighted by Gasteiger charge is 2.13. The van der Waals surface area contributed by atoms with Crippen molar-refractivity contribution in [1.29, 1.82) is 0 Å². The van der Waals surface area contributed by atoms with E-state index >= 15 is 0 Å². The highest BCUT2D eigenvalue weighted by Crippen LogP contribution is 2.28. The maximum atomic E-state index is 12.1. The predicted octanol–water partition coefficient (Wildman–Crippen LogP) is 3.93.